The fourth-order valence-electron chi connectivity index (χ4n) is 7.26. The molecular weight excluding hydrogens is 843 g/mol. The normalized spacial score (nSPS) is 22.2. The third kappa shape index (κ3) is 26.3. The number of fused-ring (bicyclic) bond motifs is 2. The molecule has 0 aromatic rings. The summed E-state index contributed by atoms with van der Waals surface area (Å²) in [5.41, 5.74) is 5.27. The van der Waals surface area contributed by atoms with Gasteiger partial charge in [-0.1, -0.05) is 83.1 Å². The van der Waals surface area contributed by atoms with Crippen molar-refractivity contribution >= 4 is 36.0 Å². The molecule has 0 aromatic heterocycles. The highest BCUT2D eigenvalue weighted by molar-refractivity contribution is 7.83. The maximum absolute atomic E-state index is 12.4. The molecule has 0 radical (unpaired) electrons. The van der Waals surface area contributed by atoms with Crippen molar-refractivity contribution in [2.75, 3.05) is 46.2 Å². The molecule has 2 rings (SSSR count). The second kappa shape index (κ2) is 30.9. The van der Waals surface area contributed by atoms with E-state index in [1.54, 1.807) is 6.08 Å². The molecule has 0 spiro atoms. The van der Waals surface area contributed by atoms with Crippen LogP contribution in [0, 0.1) is 0 Å². The molecule has 2 aliphatic rings. The van der Waals surface area contributed by atoms with E-state index in [0.29, 0.717) is 25.9 Å². The Kier molecular flexibility index (Phi) is 27.9. The van der Waals surface area contributed by atoms with E-state index in [1.165, 1.54) is 52.0 Å². The average molecular weight is 917 g/mol. The summed E-state index contributed by atoms with van der Waals surface area (Å²) >= 11 is 0. The Bertz CT molecular complexity index is 1440. The molecule has 2 bridgehead atoms. The predicted molar refractivity (Wildman–Crippen MR) is 223 cm³/mol. The molecule has 0 aliphatic carbocycles. The first-order valence-electron chi connectivity index (χ1n) is 21.9. The second-order valence-corrected chi connectivity index (χ2v) is 18.3. The molecule has 6 N–H and O–H groups in total. The summed E-state index contributed by atoms with van der Waals surface area (Å²) in [5, 5.41) is 9.15. The van der Waals surface area contributed by atoms with E-state index in [4.69, 9.17) is 48.3 Å². The van der Waals surface area contributed by atoms with Crippen molar-refractivity contribution in [3.8, 4) is 0 Å². The van der Waals surface area contributed by atoms with Gasteiger partial charge in [0, 0.05) is 45.9 Å². The zero-order chi connectivity index (χ0) is 45.0. The van der Waals surface area contributed by atoms with Crippen molar-refractivity contribution in [3.63, 3.8) is 0 Å². The number of phosphoric ester groups is 1. The summed E-state index contributed by atoms with van der Waals surface area (Å²) in [6.45, 7) is 1.51. The van der Waals surface area contributed by atoms with E-state index in [2.05, 4.69) is 4.52 Å². The predicted octanol–water partition coefficient (Wildman–Crippen LogP) is 5.11. The van der Waals surface area contributed by atoms with E-state index in [1.807, 2.05) is 4.72 Å². The summed E-state index contributed by atoms with van der Waals surface area (Å²) < 4.78 is 88.1. The Hall–Kier alpha value is -2.07. The number of aliphatic hydroxyl groups excluding tert-OH is 1. The van der Waals surface area contributed by atoms with Crippen molar-refractivity contribution in [1.82, 2.24) is 4.72 Å². The Morgan fingerprint density at radius 1 is 0.869 bits per heavy atom. The summed E-state index contributed by atoms with van der Waals surface area (Å²) in [6, 6.07) is -0.857. The number of phosphoric acid groups is 1. The van der Waals surface area contributed by atoms with Crippen LogP contribution in [-0.4, -0.2) is 123 Å². The lowest BCUT2D eigenvalue weighted by Crippen LogP contribution is -2.43. The molecule has 356 valence electrons. The zero-order valence-electron chi connectivity index (χ0n) is 36.1. The van der Waals surface area contributed by atoms with E-state index in [-0.39, 0.29) is 50.6 Å². The van der Waals surface area contributed by atoms with E-state index in [0.717, 1.165) is 77.0 Å². The van der Waals surface area contributed by atoms with Gasteiger partial charge in [-0.05, 0) is 38.5 Å². The van der Waals surface area contributed by atoms with Crippen LogP contribution in [0.5, 0.6) is 0 Å². The Labute approximate surface area is 361 Å². The lowest BCUT2D eigenvalue weighted by Gasteiger charge is -2.35. The van der Waals surface area contributed by atoms with Crippen molar-refractivity contribution in [1.29, 1.82) is 0 Å². The minimum absolute atomic E-state index is 0.00372. The number of rotatable bonds is 37. The molecule has 61 heavy (non-hydrogen) atoms. The largest absolute Gasteiger partial charge is 0.472 e. The van der Waals surface area contributed by atoms with Crippen LogP contribution < -0.4 is 10.5 Å². The molecule has 0 aromatic carbocycles. The van der Waals surface area contributed by atoms with Gasteiger partial charge < -0.3 is 44.2 Å². The number of nitrogens with two attached hydrogens (primary N) is 1. The van der Waals surface area contributed by atoms with Gasteiger partial charge in [0.1, 0.15) is 18.8 Å². The number of nitrogens with one attached hydrogen (secondary N) is 1. The van der Waals surface area contributed by atoms with Gasteiger partial charge in [-0.2, -0.15) is 13.1 Å². The van der Waals surface area contributed by atoms with Crippen molar-refractivity contribution in [2.24, 2.45) is 5.73 Å². The molecule has 2 saturated heterocycles. The highest BCUT2D eigenvalue weighted by atomic mass is 32.2. The number of unbranched alkanes of at least 4 members (excludes halogenated alkanes) is 14. The van der Waals surface area contributed by atoms with Gasteiger partial charge in [0.25, 0.3) is 0 Å². The monoisotopic (exact) mass is 916 g/mol. The van der Waals surface area contributed by atoms with Crippen LogP contribution in [0.15, 0.2) is 12.2 Å². The number of carbonyl (C=O) groups is 3. The summed E-state index contributed by atoms with van der Waals surface area (Å²) in [7, 11) is -8.80. The van der Waals surface area contributed by atoms with Crippen molar-refractivity contribution < 1.29 is 79.4 Å². The van der Waals surface area contributed by atoms with Gasteiger partial charge in [0.05, 0.1) is 38.6 Å². The van der Waals surface area contributed by atoms with Gasteiger partial charge in [-0.15, -0.1) is 0 Å². The number of allylic oxidation sites excluding steroid dienone is 1. The molecule has 7 atom stereocenters. The number of ether oxygens (including phenoxy) is 6. The number of esters is 3. The van der Waals surface area contributed by atoms with Gasteiger partial charge in [0.2, 0.25) is 0 Å². The Balaban J connectivity index is 1.61. The third-order valence-electron chi connectivity index (χ3n) is 10.2. The molecule has 2 heterocycles. The summed E-state index contributed by atoms with van der Waals surface area (Å²) in [6.07, 6.45) is 20.4. The molecule has 0 amide bonds. The summed E-state index contributed by atoms with van der Waals surface area (Å²) in [5.74, 6) is -2.32. The van der Waals surface area contributed by atoms with Crippen LogP contribution in [0.3, 0.4) is 0 Å². The fraction of sp³-hybridized carbons (Fsp3) is 0.875. The topological polar surface area (TPSA) is 275 Å². The second-order valence-electron chi connectivity index (χ2n) is 15.7. The molecule has 1 unspecified atom stereocenters. The van der Waals surface area contributed by atoms with Crippen LogP contribution in [0.1, 0.15) is 142 Å². The quantitative estimate of drug-likeness (QED) is 0.0135. The lowest BCUT2D eigenvalue weighted by atomic mass is 9.94. The van der Waals surface area contributed by atoms with Gasteiger partial charge in [0.15, 0.2) is 11.9 Å². The smallest absolute Gasteiger partial charge is 0.462 e. The SMILES string of the molecule is CC(=O)OC[C@H](COP(=O)(O)OCCN)OC(=O)/C=C/CCCCC[C@H]1O[C@]2(CCCCCCCCCCCCCCOC[C@H](CO)NS(=O)(=O)O)CC[C@@H](OC(C)=O)[C@H]1O2. The minimum Gasteiger partial charge on any atom is -0.462 e. The van der Waals surface area contributed by atoms with E-state index < -0.39 is 61.2 Å². The first-order valence-corrected chi connectivity index (χ1v) is 24.8. The Morgan fingerprint density at radius 3 is 2.11 bits per heavy atom. The molecular formula is C40H73N2O17PS. The number of carbonyl (C=O) groups excluding carboxylic acids is 3. The minimum atomic E-state index is -4.43. The van der Waals surface area contributed by atoms with Crippen LogP contribution in [0.4, 0.5) is 0 Å². The standard InChI is InChI=1S/C40H73N2O17PS/c1-32(44)53-30-35(31-55-60(47,48)54-27-25-41)57-38(46)21-17-13-11-12-16-20-37-39-36(56-33(2)45)22-24-40(58-37,59-39)23-18-14-9-7-5-3-4-6-8-10-15-19-26-52-29-34(28-43)42-61(49,50)51/h17,21,34-37,39,42-43H,3-16,18-20,22-31,41H2,1-2H3,(H,47,48)(H,49,50,51)/b21-17+/t34-,35+,36+,37+,39+,40-/m0/s1. The van der Waals surface area contributed by atoms with Gasteiger partial charge in [-0.25, -0.2) is 9.36 Å². The zero-order valence-corrected chi connectivity index (χ0v) is 37.8. The maximum Gasteiger partial charge on any atom is 0.472 e. The van der Waals surface area contributed by atoms with Crippen molar-refractivity contribution in [2.45, 2.75) is 179 Å². The first kappa shape index (κ1) is 55.1. The van der Waals surface area contributed by atoms with Gasteiger partial charge in [-0.3, -0.25) is 23.2 Å². The molecule has 2 fully saturated rings. The maximum atomic E-state index is 12.4. The molecule has 19 nitrogen and oxygen atoms in total. The van der Waals surface area contributed by atoms with Gasteiger partial charge >= 0.3 is 36.0 Å². The van der Waals surface area contributed by atoms with Crippen LogP contribution in [0.2, 0.25) is 0 Å². The fourth-order valence-corrected chi connectivity index (χ4v) is 8.59. The third-order valence-corrected chi connectivity index (χ3v) is 11.8. The van der Waals surface area contributed by atoms with Crippen LogP contribution in [0.25, 0.3) is 0 Å². The van der Waals surface area contributed by atoms with E-state index >= 15 is 0 Å². The highest BCUT2D eigenvalue weighted by Gasteiger charge is 2.54. The highest BCUT2D eigenvalue weighted by Crippen LogP contribution is 2.46. The number of hydrogen-bond acceptors (Lipinski definition) is 16. The molecule has 0 saturated carbocycles. The Morgan fingerprint density at radius 2 is 1.51 bits per heavy atom. The van der Waals surface area contributed by atoms with E-state index in [9.17, 15) is 32.3 Å². The van der Waals surface area contributed by atoms with Crippen LogP contribution >= 0.6 is 7.82 Å². The van der Waals surface area contributed by atoms with Crippen LogP contribution in [-0.2, 0) is 66.7 Å². The molecule has 2 aliphatic heterocycles. The number of hydrogen-bond donors (Lipinski definition) is 5. The lowest BCUT2D eigenvalue weighted by molar-refractivity contribution is -0.220. The molecule has 21 heteroatoms. The number of aliphatic hydroxyl groups is 1. The summed E-state index contributed by atoms with van der Waals surface area (Å²) in [4.78, 5) is 45.2. The van der Waals surface area contributed by atoms with Crippen molar-refractivity contribution in [3.05, 3.63) is 12.2 Å². The average Bonchev–Trinajstić information content (AvgIpc) is 3.49. The first-order chi connectivity index (χ1) is 29.1.